The molecular weight excluding hydrogens is 438 g/mol. The van der Waals surface area contributed by atoms with Gasteiger partial charge < -0.3 is 5.32 Å². The second-order valence-electron chi connectivity index (χ2n) is 7.85. The van der Waals surface area contributed by atoms with Gasteiger partial charge in [0, 0.05) is 23.2 Å². The number of aryl methyl sites for hydroxylation is 3. The van der Waals surface area contributed by atoms with E-state index in [4.69, 9.17) is 4.98 Å². The molecule has 1 N–H and O–H groups in total. The van der Waals surface area contributed by atoms with Gasteiger partial charge in [-0.2, -0.15) is 0 Å². The molecule has 0 atom stereocenters. The number of hydrogen-bond acceptors (Lipinski definition) is 5. The lowest BCUT2D eigenvalue weighted by atomic mass is 10.1. The number of nitrogens with zero attached hydrogens (tertiary/aromatic N) is 2. The Labute approximate surface area is 195 Å². The highest BCUT2D eigenvalue weighted by Gasteiger charge is 2.17. The zero-order valence-corrected chi connectivity index (χ0v) is 20.2. The normalized spacial score (nSPS) is 11.1. The van der Waals surface area contributed by atoms with E-state index in [2.05, 4.69) is 23.5 Å². The van der Waals surface area contributed by atoms with Gasteiger partial charge in [-0.25, -0.2) is 4.98 Å². The van der Waals surface area contributed by atoms with Gasteiger partial charge in [-0.1, -0.05) is 47.7 Å². The minimum Gasteiger partial charge on any atom is -0.325 e. The first kappa shape index (κ1) is 22.3. The van der Waals surface area contributed by atoms with Gasteiger partial charge >= 0.3 is 0 Å². The zero-order chi connectivity index (χ0) is 22.8. The maximum Gasteiger partial charge on any atom is 0.272 e. The highest BCUT2D eigenvalue weighted by molar-refractivity contribution is 7.99. The van der Waals surface area contributed by atoms with E-state index in [0.717, 1.165) is 27.9 Å². The number of rotatable bonds is 6. The summed E-state index contributed by atoms with van der Waals surface area (Å²) in [6.45, 7) is 8.47. The molecule has 5 nitrogen and oxygen atoms in total. The summed E-state index contributed by atoms with van der Waals surface area (Å²) in [7, 11) is 0. The lowest BCUT2D eigenvalue weighted by molar-refractivity contribution is -0.113. The van der Waals surface area contributed by atoms with E-state index in [-0.39, 0.29) is 17.2 Å². The monoisotopic (exact) mass is 463 g/mol. The van der Waals surface area contributed by atoms with Crippen LogP contribution in [0.3, 0.4) is 0 Å². The van der Waals surface area contributed by atoms with E-state index in [1.165, 1.54) is 28.7 Å². The van der Waals surface area contributed by atoms with Gasteiger partial charge in [-0.3, -0.25) is 14.2 Å². The van der Waals surface area contributed by atoms with Gasteiger partial charge in [-0.15, -0.1) is 11.3 Å². The molecule has 0 aliphatic heterocycles. The molecule has 4 rings (SSSR count). The van der Waals surface area contributed by atoms with Crippen molar-refractivity contribution < 1.29 is 4.79 Å². The fourth-order valence-electron chi connectivity index (χ4n) is 3.68. The first-order valence-corrected chi connectivity index (χ1v) is 12.3. The van der Waals surface area contributed by atoms with E-state index in [9.17, 15) is 9.59 Å². The Morgan fingerprint density at radius 2 is 1.75 bits per heavy atom. The van der Waals surface area contributed by atoms with Crippen molar-refractivity contribution in [3.05, 3.63) is 74.9 Å². The van der Waals surface area contributed by atoms with Crippen LogP contribution in [-0.2, 0) is 11.3 Å². The Bertz CT molecular complexity index is 1330. The van der Waals surface area contributed by atoms with Crippen molar-refractivity contribution >= 4 is 44.9 Å². The van der Waals surface area contributed by atoms with Gasteiger partial charge in [0.25, 0.3) is 5.56 Å². The Morgan fingerprint density at radius 1 is 1.06 bits per heavy atom. The molecule has 7 heteroatoms. The molecule has 0 bridgehead atoms. The molecule has 32 heavy (non-hydrogen) atoms. The van der Waals surface area contributed by atoms with Crippen molar-refractivity contribution in [2.24, 2.45) is 0 Å². The molecule has 0 radical (unpaired) electrons. The minimum absolute atomic E-state index is 0.0573. The van der Waals surface area contributed by atoms with E-state index in [1.54, 1.807) is 4.57 Å². The van der Waals surface area contributed by atoms with Crippen LogP contribution in [0.1, 0.15) is 23.6 Å². The zero-order valence-electron chi connectivity index (χ0n) is 18.6. The quantitative estimate of drug-likeness (QED) is 0.290. The van der Waals surface area contributed by atoms with Gasteiger partial charge in [-0.05, 0) is 56.5 Å². The summed E-state index contributed by atoms with van der Waals surface area (Å²) in [5, 5.41) is 5.50. The van der Waals surface area contributed by atoms with Crippen molar-refractivity contribution in [2.75, 3.05) is 11.1 Å². The number of fused-ring (bicyclic) bond motifs is 1. The first-order chi connectivity index (χ1) is 15.4. The number of benzene rings is 2. The van der Waals surface area contributed by atoms with Crippen LogP contribution < -0.4 is 10.9 Å². The second kappa shape index (κ2) is 9.30. The highest BCUT2D eigenvalue weighted by atomic mass is 32.2. The fraction of sp³-hybridized carbons (Fsp3) is 0.240. The number of anilines is 1. The lowest BCUT2D eigenvalue weighted by Crippen LogP contribution is -2.23. The van der Waals surface area contributed by atoms with Crippen molar-refractivity contribution in [2.45, 2.75) is 39.4 Å². The van der Waals surface area contributed by atoms with Gasteiger partial charge in [0.2, 0.25) is 5.91 Å². The maximum absolute atomic E-state index is 13.1. The molecule has 0 saturated carbocycles. The molecule has 2 aromatic heterocycles. The molecule has 1 amide bonds. The van der Waals surface area contributed by atoms with Crippen molar-refractivity contribution in [3.8, 4) is 11.1 Å². The number of thiophene rings is 1. The predicted octanol–water partition coefficient (Wildman–Crippen LogP) is 5.80. The standard InChI is InChI=1S/C25H25N3O2S2/c1-5-28-24(30)23-22(20(13-31-23)18-8-6-15(2)7-9-18)27-25(28)32-14-21(29)26-19-11-16(3)10-17(4)12-19/h6-13H,5,14H2,1-4H3,(H,26,29). The molecule has 0 unspecified atom stereocenters. The molecule has 2 aromatic carbocycles. The molecule has 0 aliphatic rings. The molecule has 0 saturated heterocycles. The molecule has 0 spiro atoms. The molecule has 2 heterocycles. The average molecular weight is 464 g/mol. The van der Waals surface area contributed by atoms with Crippen molar-refractivity contribution in [1.29, 1.82) is 0 Å². The third-order valence-corrected chi connectivity index (χ3v) is 7.09. The van der Waals surface area contributed by atoms with E-state index < -0.39 is 0 Å². The van der Waals surface area contributed by atoms with E-state index in [1.807, 2.05) is 57.3 Å². The Morgan fingerprint density at radius 3 is 2.41 bits per heavy atom. The largest absolute Gasteiger partial charge is 0.325 e. The van der Waals surface area contributed by atoms with Crippen LogP contribution in [0, 0.1) is 20.8 Å². The Balaban J connectivity index is 1.62. The molecule has 4 aromatic rings. The summed E-state index contributed by atoms with van der Waals surface area (Å²) in [5.74, 6) is 0.0515. The van der Waals surface area contributed by atoms with E-state index >= 15 is 0 Å². The van der Waals surface area contributed by atoms with Crippen LogP contribution in [0.4, 0.5) is 5.69 Å². The summed E-state index contributed by atoms with van der Waals surface area (Å²) in [4.78, 5) is 30.5. The van der Waals surface area contributed by atoms with Gasteiger partial charge in [0.05, 0.1) is 11.3 Å². The number of carbonyl (C=O) groups excluding carboxylic acids is 1. The number of amides is 1. The summed E-state index contributed by atoms with van der Waals surface area (Å²) < 4.78 is 2.29. The summed E-state index contributed by atoms with van der Waals surface area (Å²) >= 11 is 2.71. The third kappa shape index (κ3) is 4.64. The van der Waals surface area contributed by atoms with Gasteiger partial charge in [0.15, 0.2) is 5.16 Å². The van der Waals surface area contributed by atoms with Crippen molar-refractivity contribution in [3.63, 3.8) is 0 Å². The van der Waals surface area contributed by atoms with Crippen LogP contribution in [0.15, 0.2) is 57.8 Å². The Hall–Kier alpha value is -2.90. The minimum atomic E-state index is -0.124. The molecule has 0 aliphatic carbocycles. The summed E-state index contributed by atoms with van der Waals surface area (Å²) in [6.07, 6.45) is 0. The first-order valence-electron chi connectivity index (χ1n) is 10.5. The Kier molecular flexibility index (Phi) is 6.48. The highest BCUT2D eigenvalue weighted by Crippen LogP contribution is 2.32. The SMILES string of the molecule is CCn1c(SCC(=O)Nc2cc(C)cc(C)c2)nc2c(-c3ccc(C)cc3)csc2c1=O. The van der Waals surface area contributed by atoms with Gasteiger partial charge in [0.1, 0.15) is 4.70 Å². The summed E-state index contributed by atoms with van der Waals surface area (Å²) in [5.41, 5.74) is 6.79. The van der Waals surface area contributed by atoms with Crippen molar-refractivity contribution in [1.82, 2.24) is 9.55 Å². The smallest absolute Gasteiger partial charge is 0.272 e. The van der Waals surface area contributed by atoms with Crippen LogP contribution in [0.25, 0.3) is 21.3 Å². The predicted molar refractivity (Wildman–Crippen MR) is 135 cm³/mol. The maximum atomic E-state index is 13.1. The van der Waals surface area contributed by atoms with Crippen LogP contribution in [0.2, 0.25) is 0 Å². The summed E-state index contributed by atoms with van der Waals surface area (Å²) in [6, 6.07) is 14.2. The number of hydrogen-bond donors (Lipinski definition) is 1. The number of thioether (sulfide) groups is 1. The second-order valence-corrected chi connectivity index (χ2v) is 9.67. The average Bonchev–Trinajstić information content (AvgIpc) is 3.16. The van der Waals surface area contributed by atoms with E-state index in [0.29, 0.717) is 21.9 Å². The van der Waals surface area contributed by atoms with Crippen LogP contribution in [-0.4, -0.2) is 21.2 Å². The fourth-order valence-corrected chi connectivity index (χ4v) is 5.50. The topological polar surface area (TPSA) is 64.0 Å². The number of aromatic nitrogens is 2. The number of nitrogens with one attached hydrogen (secondary N) is 1. The van der Waals surface area contributed by atoms with Crippen LogP contribution >= 0.6 is 23.1 Å². The number of carbonyl (C=O) groups is 1. The molecule has 164 valence electrons. The lowest BCUT2D eigenvalue weighted by Gasteiger charge is -2.11. The van der Waals surface area contributed by atoms with Crippen LogP contribution in [0.5, 0.6) is 0 Å². The molecule has 0 fully saturated rings. The molecular formula is C25H25N3O2S2. The third-order valence-electron chi connectivity index (χ3n) is 5.16.